The zero-order valence-corrected chi connectivity index (χ0v) is 6.80. The fourth-order valence-electron chi connectivity index (χ4n) is 0.611. The van der Waals surface area contributed by atoms with E-state index in [1.165, 1.54) is 18.3 Å². The Balaban J connectivity index is 3.20. The van der Waals surface area contributed by atoms with Crippen molar-refractivity contribution in [1.29, 1.82) is 0 Å². The quantitative estimate of drug-likeness (QED) is 0.616. The SMILES string of the molecule is [CH]c1ccc(S(C)(=O)=O)cn1. The number of rotatable bonds is 1. The summed E-state index contributed by atoms with van der Waals surface area (Å²) in [7, 11) is -3.14. The van der Waals surface area contributed by atoms with E-state index in [2.05, 4.69) is 4.98 Å². The number of pyridine rings is 1. The van der Waals surface area contributed by atoms with Gasteiger partial charge in [0.15, 0.2) is 9.84 Å². The van der Waals surface area contributed by atoms with Crippen molar-refractivity contribution < 1.29 is 8.42 Å². The highest BCUT2D eigenvalue weighted by Crippen LogP contribution is 2.05. The fraction of sp³-hybridized carbons (Fsp3) is 0.143. The van der Waals surface area contributed by atoms with Crippen molar-refractivity contribution in [1.82, 2.24) is 4.98 Å². The maximum absolute atomic E-state index is 10.9. The number of aromatic nitrogens is 1. The molecule has 3 nitrogen and oxygen atoms in total. The normalized spacial score (nSPS) is 11.5. The van der Waals surface area contributed by atoms with Gasteiger partial charge in [-0.2, -0.15) is 0 Å². The van der Waals surface area contributed by atoms with Gasteiger partial charge in [-0.25, -0.2) is 8.42 Å². The van der Waals surface area contributed by atoms with Crippen LogP contribution >= 0.6 is 0 Å². The van der Waals surface area contributed by atoms with Gasteiger partial charge in [-0.3, -0.25) is 4.98 Å². The molecule has 0 bridgehead atoms. The summed E-state index contributed by atoms with van der Waals surface area (Å²) in [6.07, 6.45) is 2.37. The summed E-state index contributed by atoms with van der Waals surface area (Å²) in [5.74, 6) is 0. The first-order valence-electron chi connectivity index (χ1n) is 2.92. The molecule has 0 amide bonds. The molecule has 4 heteroatoms. The van der Waals surface area contributed by atoms with Gasteiger partial charge in [0.05, 0.1) is 4.90 Å². The van der Waals surface area contributed by atoms with E-state index in [0.29, 0.717) is 5.69 Å². The lowest BCUT2D eigenvalue weighted by Crippen LogP contribution is -1.97. The van der Waals surface area contributed by atoms with E-state index in [4.69, 9.17) is 6.92 Å². The predicted octanol–water partition coefficient (Wildman–Crippen LogP) is 0.544. The number of nitrogens with zero attached hydrogens (tertiary/aromatic N) is 1. The van der Waals surface area contributed by atoms with Crippen LogP contribution in [0.15, 0.2) is 23.2 Å². The van der Waals surface area contributed by atoms with Gasteiger partial charge in [-0.1, -0.05) is 0 Å². The Labute approximate surface area is 66.0 Å². The molecule has 0 unspecified atom stereocenters. The first kappa shape index (κ1) is 8.20. The van der Waals surface area contributed by atoms with E-state index in [-0.39, 0.29) is 4.90 Å². The summed E-state index contributed by atoms with van der Waals surface area (Å²) in [6.45, 7) is 5.26. The minimum absolute atomic E-state index is 0.187. The average Bonchev–Trinajstić information content (AvgIpc) is 1.86. The lowest BCUT2D eigenvalue weighted by atomic mass is 10.4. The van der Waals surface area contributed by atoms with Gasteiger partial charge in [0.1, 0.15) is 0 Å². The molecule has 0 fully saturated rings. The van der Waals surface area contributed by atoms with E-state index in [1.807, 2.05) is 0 Å². The smallest absolute Gasteiger partial charge is 0.177 e. The molecule has 1 aromatic rings. The predicted molar refractivity (Wildman–Crippen MR) is 40.7 cm³/mol. The van der Waals surface area contributed by atoms with E-state index >= 15 is 0 Å². The summed E-state index contributed by atoms with van der Waals surface area (Å²) in [5.41, 5.74) is 0.317. The monoisotopic (exact) mass is 169 g/mol. The number of hydrogen-bond donors (Lipinski definition) is 0. The second kappa shape index (κ2) is 2.62. The molecular weight excluding hydrogens is 162 g/mol. The first-order chi connectivity index (χ1) is 5.00. The van der Waals surface area contributed by atoms with Crippen LogP contribution in [0.4, 0.5) is 0 Å². The molecule has 0 aliphatic rings. The molecule has 2 radical (unpaired) electrons. The van der Waals surface area contributed by atoms with Crippen LogP contribution in [0.5, 0.6) is 0 Å². The molecule has 0 aliphatic carbocycles. The van der Waals surface area contributed by atoms with Crippen molar-refractivity contribution >= 4 is 9.84 Å². The van der Waals surface area contributed by atoms with Crippen LogP contribution < -0.4 is 0 Å². The minimum atomic E-state index is -3.14. The van der Waals surface area contributed by atoms with Crippen molar-refractivity contribution in [3.63, 3.8) is 0 Å². The number of hydrogen-bond acceptors (Lipinski definition) is 3. The Kier molecular flexibility index (Phi) is 1.95. The molecule has 1 aromatic heterocycles. The van der Waals surface area contributed by atoms with Crippen LogP contribution in [0.25, 0.3) is 0 Å². The Morgan fingerprint density at radius 1 is 1.45 bits per heavy atom. The summed E-state index contributed by atoms with van der Waals surface area (Å²) in [6, 6.07) is 2.88. The third-order valence-electron chi connectivity index (χ3n) is 1.19. The Morgan fingerprint density at radius 2 is 2.09 bits per heavy atom. The second-order valence-electron chi connectivity index (χ2n) is 2.19. The molecule has 0 spiro atoms. The van der Waals surface area contributed by atoms with Gasteiger partial charge in [-0.15, -0.1) is 0 Å². The zero-order chi connectivity index (χ0) is 8.48. The molecule has 11 heavy (non-hydrogen) atoms. The molecule has 0 aromatic carbocycles. The van der Waals surface area contributed by atoms with Gasteiger partial charge in [0, 0.05) is 25.1 Å². The lowest BCUT2D eigenvalue weighted by molar-refractivity contribution is 0.601. The number of sulfone groups is 1. The fourth-order valence-corrected chi connectivity index (χ4v) is 1.17. The molecule has 0 saturated heterocycles. The average molecular weight is 169 g/mol. The van der Waals surface area contributed by atoms with Gasteiger partial charge in [-0.05, 0) is 12.1 Å². The summed E-state index contributed by atoms with van der Waals surface area (Å²) in [5, 5.41) is 0. The van der Waals surface area contributed by atoms with Crippen LogP contribution in [0.1, 0.15) is 5.69 Å². The third-order valence-corrected chi connectivity index (χ3v) is 2.29. The second-order valence-corrected chi connectivity index (χ2v) is 4.21. The molecule has 1 heterocycles. The Hall–Kier alpha value is -0.900. The van der Waals surface area contributed by atoms with Crippen molar-refractivity contribution in [3.8, 4) is 0 Å². The van der Waals surface area contributed by atoms with Gasteiger partial charge >= 0.3 is 0 Å². The largest absolute Gasteiger partial charge is 0.260 e. The minimum Gasteiger partial charge on any atom is -0.260 e. The van der Waals surface area contributed by atoms with Gasteiger partial charge in [0.25, 0.3) is 0 Å². The molecule has 1 rings (SSSR count). The molecular formula is C7H7NO2S. The van der Waals surface area contributed by atoms with E-state index in [9.17, 15) is 8.42 Å². The maximum Gasteiger partial charge on any atom is 0.177 e. The standard InChI is InChI=1S/C7H7NO2S/c1-6-3-4-7(5-8-6)11(2,9)10/h1,3-5H,2H3. The molecule has 0 aliphatic heterocycles. The molecule has 0 saturated carbocycles. The highest BCUT2D eigenvalue weighted by molar-refractivity contribution is 7.90. The molecule has 0 N–H and O–H groups in total. The van der Waals surface area contributed by atoms with Crippen LogP contribution in [-0.4, -0.2) is 19.7 Å². The van der Waals surface area contributed by atoms with E-state index < -0.39 is 9.84 Å². The van der Waals surface area contributed by atoms with Crippen LogP contribution in [0.2, 0.25) is 0 Å². The lowest BCUT2D eigenvalue weighted by Gasteiger charge is -1.95. The van der Waals surface area contributed by atoms with Gasteiger partial charge < -0.3 is 0 Å². The van der Waals surface area contributed by atoms with Crippen LogP contribution in [-0.2, 0) is 9.84 Å². The zero-order valence-electron chi connectivity index (χ0n) is 5.98. The van der Waals surface area contributed by atoms with E-state index in [1.54, 1.807) is 0 Å². The Morgan fingerprint density at radius 3 is 2.45 bits per heavy atom. The highest BCUT2D eigenvalue weighted by Gasteiger charge is 2.05. The van der Waals surface area contributed by atoms with Crippen molar-refractivity contribution in [2.45, 2.75) is 4.90 Å². The third kappa shape index (κ3) is 2.01. The van der Waals surface area contributed by atoms with Crippen molar-refractivity contribution in [3.05, 3.63) is 30.9 Å². The summed E-state index contributed by atoms with van der Waals surface area (Å²) < 4.78 is 21.7. The molecule has 58 valence electrons. The molecule has 0 atom stereocenters. The highest BCUT2D eigenvalue weighted by atomic mass is 32.2. The van der Waals surface area contributed by atoms with Crippen LogP contribution in [0, 0.1) is 6.92 Å². The first-order valence-corrected chi connectivity index (χ1v) is 4.81. The summed E-state index contributed by atoms with van der Waals surface area (Å²) in [4.78, 5) is 3.83. The maximum atomic E-state index is 10.9. The van der Waals surface area contributed by atoms with Crippen LogP contribution in [0.3, 0.4) is 0 Å². The van der Waals surface area contributed by atoms with Gasteiger partial charge in [0.2, 0.25) is 0 Å². The topological polar surface area (TPSA) is 47.0 Å². The Bertz CT molecular complexity index is 339. The van der Waals surface area contributed by atoms with Crippen molar-refractivity contribution in [2.75, 3.05) is 6.26 Å². The van der Waals surface area contributed by atoms with Crippen molar-refractivity contribution in [2.24, 2.45) is 0 Å². The summed E-state index contributed by atoms with van der Waals surface area (Å²) >= 11 is 0. The van der Waals surface area contributed by atoms with E-state index in [0.717, 1.165) is 6.26 Å².